The van der Waals surface area contributed by atoms with Crippen molar-refractivity contribution >= 4 is 17.7 Å². The summed E-state index contributed by atoms with van der Waals surface area (Å²) in [6, 6.07) is 1.76. The Hall–Kier alpha value is -2.55. The molecule has 9 heteroatoms. The van der Waals surface area contributed by atoms with Gasteiger partial charge in [0.25, 0.3) is 0 Å². The quantitative estimate of drug-likeness (QED) is 0.711. The summed E-state index contributed by atoms with van der Waals surface area (Å²) in [4.78, 5) is 25.2. The highest BCUT2D eigenvalue weighted by atomic mass is 32.2. The van der Waals surface area contributed by atoms with Gasteiger partial charge in [-0.2, -0.15) is 15.0 Å². The zero-order valence-electron chi connectivity index (χ0n) is 10.5. The highest BCUT2D eigenvalue weighted by Crippen LogP contribution is 2.21. The number of anilines is 1. The van der Waals surface area contributed by atoms with Gasteiger partial charge in [-0.3, -0.25) is 4.57 Å². The number of imidazole rings is 1. The lowest BCUT2D eigenvalue weighted by Crippen LogP contribution is -2.06. The fourth-order valence-electron chi connectivity index (χ4n) is 1.42. The maximum absolute atomic E-state index is 4.36. The molecule has 3 heterocycles. The van der Waals surface area contributed by atoms with Crippen LogP contribution in [-0.4, -0.2) is 41.5 Å². The van der Waals surface area contributed by atoms with Crippen LogP contribution in [0, 0.1) is 0 Å². The van der Waals surface area contributed by atoms with Gasteiger partial charge in [-0.1, -0.05) is 0 Å². The number of nitrogens with zero attached hydrogens (tertiary/aromatic N) is 7. The molecule has 0 spiro atoms. The second kappa shape index (κ2) is 5.61. The maximum atomic E-state index is 4.36. The van der Waals surface area contributed by atoms with Gasteiger partial charge in [0.15, 0.2) is 5.16 Å². The molecule has 0 amide bonds. The average Bonchev–Trinajstić information content (AvgIpc) is 3.02. The van der Waals surface area contributed by atoms with E-state index in [1.807, 2.05) is 0 Å². The highest BCUT2D eigenvalue weighted by molar-refractivity contribution is 7.99. The topological polar surface area (TPSA) is 94.3 Å². The van der Waals surface area contributed by atoms with E-state index in [4.69, 9.17) is 0 Å². The zero-order valence-corrected chi connectivity index (χ0v) is 11.3. The molecule has 3 aromatic rings. The predicted molar refractivity (Wildman–Crippen MR) is 72.7 cm³/mol. The molecule has 0 aliphatic heterocycles. The van der Waals surface area contributed by atoms with Crippen molar-refractivity contribution < 1.29 is 0 Å². The van der Waals surface area contributed by atoms with Gasteiger partial charge in [-0.15, -0.1) is 0 Å². The summed E-state index contributed by atoms with van der Waals surface area (Å²) in [7, 11) is 1.75. The third kappa shape index (κ3) is 2.72. The van der Waals surface area contributed by atoms with E-state index in [9.17, 15) is 0 Å². The Bertz CT molecular complexity index is 685. The molecule has 0 aliphatic carbocycles. The second-order valence-corrected chi connectivity index (χ2v) is 4.53. The Labute approximate surface area is 118 Å². The van der Waals surface area contributed by atoms with Crippen LogP contribution in [0.25, 0.3) is 5.95 Å². The molecule has 0 saturated carbocycles. The molecule has 0 radical (unpaired) electrons. The number of nitrogens with one attached hydrogen (secondary N) is 1. The van der Waals surface area contributed by atoms with Crippen LogP contribution in [-0.2, 0) is 0 Å². The Morgan fingerprint density at radius 3 is 2.60 bits per heavy atom. The summed E-state index contributed by atoms with van der Waals surface area (Å²) in [6.45, 7) is 0. The first-order valence-corrected chi connectivity index (χ1v) is 6.54. The first kappa shape index (κ1) is 12.5. The van der Waals surface area contributed by atoms with Crippen LogP contribution in [0.1, 0.15) is 0 Å². The van der Waals surface area contributed by atoms with Crippen molar-refractivity contribution in [3.05, 3.63) is 37.2 Å². The van der Waals surface area contributed by atoms with E-state index in [0.717, 1.165) is 0 Å². The lowest BCUT2D eigenvalue weighted by atomic mass is 10.7. The zero-order chi connectivity index (χ0) is 13.8. The van der Waals surface area contributed by atoms with E-state index >= 15 is 0 Å². The van der Waals surface area contributed by atoms with E-state index in [1.165, 1.54) is 11.8 Å². The van der Waals surface area contributed by atoms with Gasteiger partial charge in [-0.25, -0.2) is 15.0 Å². The first-order chi connectivity index (χ1) is 9.85. The average molecular weight is 286 g/mol. The number of aromatic nitrogens is 7. The van der Waals surface area contributed by atoms with Crippen molar-refractivity contribution in [1.82, 2.24) is 34.5 Å². The molecule has 100 valence electrons. The summed E-state index contributed by atoms with van der Waals surface area (Å²) in [5.41, 5.74) is 0. The Kier molecular flexibility index (Phi) is 3.50. The number of hydrogen-bond donors (Lipinski definition) is 1. The Morgan fingerprint density at radius 2 is 1.90 bits per heavy atom. The SMILES string of the molecule is CNc1nc(Sc2ncccn2)nc(-n2ccnc2)n1. The van der Waals surface area contributed by atoms with Crippen LogP contribution in [0.5, 0.6) is 0 Å². The summed E-state index contributed by atoms with van der Waals surface area (Å²) in [5, 5.41) is 4.00. The molecule has 0 bridgehead atoms. The van der Waals surface area contributed by atoms with E-state index in [1.54, 1.807) is 48.8 Å². The molecule has 1 N–H and O–H groups in total. The van der Waals surface area contributed by atoms with Gasteiger partial charge in [0, 0.05) is 31.8 Å². The molecule has 0 fully saturated rings. The molecule has 3 rings (SSSR count). The van der Waals surface area contributed by atoms with E-state index in [2.05, 4.69) is 35.2 Å². The van der Waals surface area contributed by atoms with Gasteiger partial charge >= 0.3 is 0 Å². The minimum atomic E-state index is 0.474. The predicted octanol–water partition coefficient (Wildman–Crippen LogP) is 1.04. The van der Waals surface area contributed by atoms with Gasteiger partial charge < -0.3 is 5.32 Å². The third-order valence-electron chi connectivity index (χ3n) is 2.29. The smallest absolute Gasteiger partial charge is 0.240 e. The van der Waals surface area contributed by atoms with Gasteiger partial charge in [0.2, 0.25) is 17.1 Å². The van der Waals surface area contributed by atoms with Crippen LogP contribution in [0.15, 0.2) is 47.5 Å². The van der Waals surface area contributed by atoms with Gasteiger partial charge in [-0.05, 0) is 17.8 Å². The van der Waals surface area contributed by atoms with Crippen molar-refractivity contribution in [2.75, 3.05) is 12.4 Å². The molecule has 20 heavy (non-hydrogen) atoms. The van der Waals surface area contributed by atoms with Crippen molar-refractivity contribution in [3.8, 4) is 5.95 Å². The van der Waals surface area contributed by atoms with Crippen LogP contribution < -0.4 is 5.32 Å². The van der Waals surface area contributed by atoms with Crippen LogP contribution in [0.3, 0.4) is 0 Å². The lowest BCUT2D eigenvalue weighted by molar-refractivity contribution is 0.823. The molecule has 0 saturated heterocycles. The second-order valence-electron chi connectivity index (χ2n) is 3.59. The fourth-order valence-corrected chi connectivity index (χ4v) is 2.07. The largest absolute Gasteiger partial charge is 0.357 e. The molecule has 0 aliphatic rings. The van der Waals surface area contributed by atoms with E-state index in [0.29, 0.717) is 22.2 Å². The summed E-state index contributed by atoms with van der Waals surface area (Å²) in [6.07, 6.45) is 8.40. The van der Waals surface area contributed by atoms with Crippen molar-refractivity contribution in [2.45, 2.75) is 10.3 Å². The minimum Gasteiger partial charge on any atom is -0.357 e. The van der Waals surface area contributed by atoms with Crippen LogP contribution >= 0.6 is 11.8 Å². The number of hydrogen-bond acceptors (Lipinski definition) is 8. The lowest BCUT2D eigenvalue weighted by Gasteiger charge is -2.05. The minimum absolute atomic E-state index is 0.474. The van der Waals surface area contributed by atoms with E-state index in [-0.39, 0.29) is 0 Å². The number of rotatable bonds is 4. The van der Waals surface area contributed by atoms with E-state index < -0.39 is 0 Å². The first-order valence-electron chi connectivity index (χ1n) is 5.72. The van der Waals surface area contributed by atoms with Gasteiger partial charge in [0.05, 0.1) is 0 Å². The van der Waals surface area contributed by atoms with Crippen molar-refractivity contribution in [2.24, 2.45) is 0 Å². The highest BCUT2D eigenvalue weighted by Gasteiger charge is 2.09. The van der Waals surface area contributed by atoms with Gasteiger partial charge in [0.1, 0.15) is 6.33 Å². The monoisotopic (exact) mass is 286 g/mol. The Balaban J connectivity index is 1.96. The normalized spacial score (nSPS) is 10.4. The molecule has 3 aromatic heterocycles. The fraction of sp³-hybridized carbons (Fsp3) is 0.0909. The molecule has 0 aromatic carbocycles. The summed E-state index contributed by atoms with van der Waals surface area (Å²) >= 11 is 1.27. The standard InChI is InChI=1S/C11H10N8S/c1-12-8-16-9(19-6-5-13-7-19)18-11(17-8)20-10-14-3-2-4-15-10/h2-7H,1H3,(H,12,16,17,18). The molecular formula is C11H10N8S. The summed E-state index contributed by atoms with van der Waals surface area (Å²) < 4.78 is 1.71. The maximum Gasteiger partial charge on any atom is 0.240 e. The molecular weight excluding hydrogens is 276 g/mol. The van der Waals surface area contributed by atoms with Crippen molar-refractivity contribution in [1.29, 1.82) is 0 Å². The molecule has 0 atom stereocenters. The van der Waals surface area contributed by atoms with Crippen molar-refractivity contribution in [3.63, 3.8) is 0 Å². The third-order valence-corrected chi connectivity index (χ3v) is 3.05. The summed E-state index contributed by atoms with van der Waals surface area (Å²) in [5.74, 6) is 0.961. The Morgan fingerprint density at radius 1 is 1.05 bits per heavy atom. The molecule has 0 unspecified atom stereocenters. The van der Waals surface area contributed by atoms with Crippen LogP contribution in [0.4, 0.5) is 5.95 Å². The molecule has 8 nitrogen and oxygen atoms in total. The van der Waals surface area contributed by atoms with Crippen LogP contribution in [0.2, 0.25) is 0 Å².